The van der Waals surface area contributed by atoms with E-state index in [1.165, 1.54) is 0 Å². The molecule has 1 aliphatic rings. The predicted octanol–water partition coefficient (Wildman–Crippen LogP) is 3.69. The SMILES string of the molecule is COc1ccc(NC(=O)c2ccc(N3C(=O)c4nc5ccccc5nc4C3=O)cc2)cc1. The van der Waals surface area contributed by atoms with Crippen LogP contribution in [0.2, 0.25) is 0 Å². The largest absolute Gasteiger partial charge is 0.497 e. The van der Waals surface area contributed by atoms with Crippen molar-refractivity contribution < 1.29 is 19.1 Å². The zero-order valence-corrected chi connectivity index (χ0v) is 16.9. The molecule has 0 unspecified atom stereocenters. The number of fused-ring (bicyclic) bond motifs is 2. The van der Waals surface area contributed by atoms with Gasteiger partial charge in [0.1, 0.15) is 5.75 Å². The monoisotopic (exact) mass is 424 g/mol. The summed E-state index contributed by atoms with van der Waals surface area (Å²) < 4.78 is 5.10. The van der Waals surface area contributed by atoms with Crippen molar-refractivity contribution in [3.63, 3.8) is 0 Å². The van der Waals surface area contributed by atoms with Crippen molar-refractivity contribution in [2.75, 3.05) is 17.3 Å². The third-order valence-corrected chi connectivity index (χ3v) is 5.12. The number of rotatable bonds is 4. The van der Waals surface area contributed by atoms with Crippen LogP contribution in [-0.2, 0) is 0 Å². The maximum atomic E-state index is 12.9. The fraction of sp³-hybridized carbons (Fsp3) is 0.0417. The van der Waals surface area contributed by atoms with Crippen LogP contribution in [0.4, 0.5) is 11.4 Å². The van der Waals surface area contributed by atoms with E-state index in [2.05, 4.69) is 15.3 Å². The minimum Gasteiger partial charge on any atom is -0.497 e. The Kier molecular flexibility index (Phi) is 4.59. The molecule has 3 aromatic carbocycles. The summed E-state index contributed by atoms with van der Waals surface area (Å²) in [4.78, 5) is 47.9. The molecule has 8 nitrogen and oxygen atoms in total. The molecule has 0 fully saturated rings. The van der Waals surface area contributed by atoms with Gasteiger partial charge in [-0.1, -0.05) is 12.1 Å². The van der Waals surface area contributed by atoms with Crippen LogP contribution < -0.4 is 15.0 Å². The highest BCUT2D eigenvalue weighted by atomic mass is 16.5. The molecule has 4 aromatic rings. The number of carbonyl (C=O) groups is 3. The molecule has 0 radical (unpaired) electrons. The van der Waals surface area contributed by atoms with Crippen molar-refractivity contribution in [2.24, 2.45) is 0 Å². The summed E-state index contributed by atoms with van der Waals surface area (Å²) in [6.07, 6.45) is 0. The maximum absolute atomic E-state index is 12.9. The number of anilines is 2. The van der Waals surface area contributed by atoms with E-state index in [0.717, 1.165) is 4.90 Å². The number of para-hydroxylation sites is 2. The normalized spacial score (nSPS) is 12.7. The Balaban J connectivity index is 1.38. The van der Waals surface area contributed by atoms with Crippen LogP contribution in [0.3, 0.4) is 0 Å². The molecule has 0 spiro atoms. The fourth-order valence-electron chi connectivity index (χ4n) is 3.48. The molecule has 0 atom stereocenters. The average molecular weight is 424 g/mol. The van der Waals surface area contributed by atoms with Gasteiger partial charge in [0.05, 0.1) is 23.8 Å². The summed E-state index contributed by atoms with van der Waals surface area (Å²) in [5.74, 6) is -0.721. The molecular weight excluding hydrogens is 408 g/mol. The van der Waals surface area contributed by atoms with Crippen LogP contribution in [0.15, 0.2) is 72.8 Å². The van der Waals surface area contributed by atoms with E-state index in [1.54, 1.807) is 79.9 Å². The number of hydrogen-bond acceptors (Lipinski definition) is 6. The van der Waals surface area contributed by atoms with Gasteiger partial charge in [-0.05, 0) is 60.7 Å². The predicted molar refractivity (Wildman–Crippen MR) is 118 cm³/mol. The third kappa shape index (κ3) is 3.24. The highest BCUT2D eigenvalue weighted by Crippen LogP contribution is 2.28. The zero-order valence-electron chi connectivity index (χ0n) is 16.9. The molecule has 3 amide bonds. The molecule has 32 heavy (non-hydrogen) atoms. The van der Waals surface area contributed by atoms with Gasteiger partial charge in [0, 0.05) is 11.3 Å². The molecular formula is C24H16N4O4. The molecule has 0 aliphatic carbocycles. The van der Waals surface area contributed by atoms with Gasteiger partial charge in [-0.3, -0.25) is 14.4 Å². The van der Waals surface area contributed by atoms with Crippen molar-refractivity contribution >= 4 is 40.1 Å². The summed E-state index contributed by atoms with van der Waals surface area (Å²) >= 11 is 0. The number of ether oxygens (including phenoxy) is 1. The van der Waals surface area contributed by atoms with E-state index < -0.39 is 11.8 Å². The Morgan fingerprint density at radius 3 is 1.91 bits per heavy atom. The number of carbonyl (C=O) groups excluding carboxylic acids is 3. The third-order valence-electron chi connectivity index (χ3n) is 5.12. The van der Waals surface area contributed by atoms with Crippen molar-refractivity contribution in [1.82, 2.24) is 9.97 Å². The average Bonchev–Trinajstić information content (AvgIpc) is 3.07. The molecule has 0 saturated heterocycles. The Bertz CT molecular complexity index is 1330. The Hall–Kier alpha value is -4.59. The van der Waals surface area contributed by atoms with Gasteiger partial charge < -0.3 is 10.1 Å². The van der Waals surface area contributed by atoms with Gasteiger partial charge in [-0.2, -0.15) is 0 Å². The zero-order chi connectivity index (χ0) is 22.2. The number of amides is 3. The van der Waals surface area contributed by atoms with Crippen LogP contribution in [-0.4, -0.2) is 34.8 Å². The number of aromatic nitrogens is 2. The molecule has 5 rings (SSSR count). The second-order valence-electron chi connectivity index (χ2n) is 7.08. The number of benzene rings is 3. The lowest BCUT2D eigenvalue weighted by atomic mass is 10.1. The molecule has 1 aliphatic heterocycles. The molecule has 1 aromatic heterocycles. The lowest BCUT2D eigenvalue weighted by Crippen LogP contribution is -2.29. The summed E-state index contributed by atoms with van der Waals surface area (Å²) in [5.41, 5.74) is 2.46. The number of imide groups is 1. The molecule has 0 saturated carbocycles. The fourth-order valence-corrected chi connectivity index (χ4v) is 3.48. The van der Waals surface area contributed by atoms with E-state index in [4.69, 9.17) is 4.74 Å². The Morgan fingerprint density at radius 2 is 1.38 bits per heavy atom. The highest BCUT2D eigenvalue weighted by Gasteiger charge is 2.40. The van der Waals surface area contributed by atoms with E-state index in [0.29, 0.717) is 33.7 Å². The van der Waals surface area contributed by atoms with Crippen molar-refractivity contribution in [2.45, 2.75) is 0 Å². The summed E-state index contributed by atoms with van der Waals surface area (Å²) in [6.45, 7) is 0. The number of methoxy groups -OCH3 is 1. The highest BCUT2D eigenvalue weighted by molar-refractivity contribution is 6.33. The first-order valence-electron chi connectivity index (χ1n) is 9.76. The Labute approximate surface area is 182 Å². The van der Waals surface area contributed by atoms with Crippen molar-refractivity contribution in [3.8, 4) is 5.75 Å². The molecule has 0 bridgehead atoms. The van der Waals surface area contributed by atoms with E-state index >= 15 is 0 Å². The van der Waals surface area contributed by atoms with Gasteiger partial charge in [-0.15, -0.1) is 0 Å². The van der Waals surface area contributed by atoms with Gasteiger partial charge in [0.2, 0.25) is 0 Å². The number of hydrogen-bond donors (Lipinski definition) is 1. The number of nitrogens with zero attached hydrogens (tertiary/aromatic N) is 3. The Morgan fingerprint density at radius 1 is 0.812 bits per heavy atom. The number of nitrogens with one attached hydrogen (secondary N) is 1. The van der Waals surface area contributed by atoms with Gasteiger partial charge in [0.15, 0.2) is 11.4 Å². The lowest BCUT2D eigenvalue weighted by molar-refractivity contribution is 0.0922. The first-order valence-corrected chi connectivity index (χ1v) is 9.76. The van der Waals surface area contributed by atoms with Crippen LogP contribution >= 0.6 is 0 Å². The van der Waals surface area contributed by atoms with Gasteiger partial charge in [0.25, 0.3) is 17.7 Å². The van der Waals surface area contributed by atoms with E-state index in [-0.39, 0.29) is 17.3 Å². The van der Waals surface area contributed by atoms with Crippen molar-refractivity contribution in [1.29, 1.82) is 0 Å². The van der Waals surface area contributed by atoms with Gasteiger partial charge >= 0.3 is 0 Å². The first kappa shape index (κ1) is 19.4. The van der Waals surface area contributed by atoms with Crippen molar-refractivity contribution in [3.05, 3.63) is 89.7 Å². The second-order valence-corrected chi connectivity index (χ2v) is 7.08. The minimum absolute atomic E-state index is 0.0232. The van der Waals surface area contributed by atoms with E-state index in [9.17, 15) is 14.4 Å². The lowest BCUT2D eigenvalue weighted by Gasteiger charge is -2.13. The van der Waals surface area contributed by atoms with Crippen LogP contribution in [0, 0.1) is 0 Å². The quantitative estimate of drug-likeness (QED) is 0.502. The standard InChI is InChI=1S/C24H16N4O4/c1-32-17-12-8-15(9-13-17)25-22(29)14-6-10-16(11-7-14)28-23(30)20-21(24(28)31)27-19-5-3-2-4-18(19)26-20/h2-13H,1H3,(H,25,29). The smallest absolute Gasteiger partial charge is 0.286 e. The van der Waals surface area contributed by atoms with E-state index in [1.807, 2.05) is 0 Å². The summed E-state index contributed by atoms with van der Waals surface area (Å²) in [5, 5.41) is 2.79. The topological polar surface area (TPSA) is 101 Å². The van der Waals surface area contributed by atoms with Crippen LogP contribution in [0.5, 0.6) is 5.75 Å². The molecule has 156 valence electrons. The minimum atomic E-state index is -0.543. The van der Waals surface area contributed by atoms with Crippen LogP contribution in [0.1, 0.15) is 31.3 Å². The maximum Gasteiger partial charge on any atom is 0.286 e. The van der Waals surface area contributed by atoms with Crippen LogP contribution in [0.25, 0.3) is 11.0 Å². The van der Waals surface area contributed by atoms with Gasteiger partial charge in [-0.25, -0.2) is 14.9 Å². The molecule has 2 heterocycles. The second kappa shape index (κ2) is 7.59. The molecule has 1 N–H and O–H groups in total. The molecule has 8 heteroatoms. The summed E-state index contributed by atoms with van der Waals surface area (Å²) in [7, 11) is 1.57. The first-order chi connectivity index (χ1) is 15.5. The summed E-state index contributed by atoms with van der Waals surface area (Å²) in [6, 6.07) is 20.2.